The number of hydrogen-bond acceptors (Lipinski definition) is 2. The molecule has 112 valence electrons. The summed E-state index contributed by atoms with van der Waals surface area (Å²) in [4.78, 5) is 2.60. The first-order valence-corrected chi connectivity index (χ1v) is 8.57. The molecule has 2 aliphatic carbocycles. The highest BCUT2D eigenvalue weighted by Crippen LogP contribution is 2.43. The molecule has 0 bridgehead atoms. The van der Waals surface area contributed by atoms with Crippen LogP contribution < -0.4 is 5.32 Å². The second-order valence-electron chi connectivity index (χ2n) is 7.05. The number of benzene rings is 1. The van der Waals surface area contributed by atoms with E-state index in [0.717, 1.165) is 30.5 Å². The van der Waals surface area contributed by atoms with Gasteiger partial charge in [0.25, 0.3) is 0 Å². The number of hydrogen-bond donors (Lipinski definition) is 1. The third-order valence-corrected chi connectivity index (χ3v) is 5.65. The van der Waals surface area contributed by atoms with E-state index in [-0.39, 0.29) is 0 Å². The van der Waals surface area contributed by atoms with E-state index in [1.165, 1.54) is 44.3 Å². The van der Waals surface area contributed by atoms with Crippen molar-refractivity contribution in [1.82, 2.24) is 10.2 Å². The van der Waals surface area contributed by atoms with E-state index in [2.05, 4.69) is 52.7 Å². The van der Waals surface area contributed by atoms with Crippen LogP contribution in [0, 0.1) is 11.8 Å². The molecule has 0 unspecified atom stereocenters. The molecule has 3 aliphatic rings. The second kappa shape index (κ2) is 5.94. The first kappa shape index (κ1) is 13.5. The van der Waals surface area contributed by atoms with Gasteiger partial charge in [-0.15, -0.1) is 0 Å². The minimum absolute atomic E-state index is 0.747. The van der Waals surface area contributed by atoms with E-state index in [1.54, 1.807) is 0 Å². The van der Waals surface area contributed by atoms with Gasteiger partial charge < -0.3 is 5.32 Å². The molecule has 1 aliphatic heterocycles. The van der Waals surface area contributed by atoms with E-state index in [4.69, 9.17) is 0 Å². The van der Waals surface area contributed by atoms with Crippen molar-refractivity contribution in [3.05, 3.63) is 48.0 Å². The maximum Gasteiger partial charge on any atom is 0.0233 e. The molecule has 0 radical (unpaired) electrons. The van der Waals surface area contributed by atoms with Gasteiger partial charge >= 0.3 is 0 Å². The molecule has 1 N–H and O–H groups in total. The third kappa shape index (κ3) is 2.93. The summed E-state index contributed by atoms with van der Waals surface area (Å²) < 4.78 is 0. The smallest absolute Gasteiger partial charge is 0.0233 e. The van der Waals surface area contributed by atoms with Crippen molar-refractivity contribution in [3.8, 4) is 0 Å². The number of allylic oxidation sites excluding steroid dienone is 1. The molecular formula is C19H26N2. The molecule has 3 atom stereocenters. The van der Waals surface area contributed by atoms with Crippen LogP contribution in [-0.2, 0) is 6.54 Å². The number of likely N-dealkylation sites (tertiary alicyclic amines) is 1. The van der Waals surface area contributed by atoms with Crippen molar-refractivity contribution >= 4 is 0 Å². The lowest BCUT2D eigenvalue weighted by atomic mass is 9.71. The molecule has 4 rings (SSSR count). The van der Waals surface area contributed by atoms with E-state index in [9.17, 15) is 0 Å². The van der Waals surface area contributed by atoms with Crippen LogP contribution in [0.5, 0.6) is 0 Å². The quantitative estimate of drug-likeness (QED) is 0.853. The Morgan fingerprint density at radius 2 is 1.90 bits per heavy atom. The number of rotatable bonds is 4. The molecule has 1 saturated heterocycles. The summed E-state index contributed by atoms with van der Waals surface area (Å²) in [5.74, 6) is 1.83. The van der Waals surface area contributed by atoms with Crippen LogP contribution in [0.3, 0.4) is 0 Å². The molecule has 0 spiro atoms. The van der Waals surface area contributed by atoms with Gasteiger partial charge in [-0.05, 0) is 56.2 Å². The third-order valence-electron chi connectivity index (χ3n) is 5.65. The first-order valence-electron chi connectivity index (χ1n) is 8.57. The van der Waals surface area contributed by atoms with Crippen molar-refractivity contribution < 1.29 is 0 Å². The normalized spacial score (nSPS) is 32.9. The Kier molecular flexibility index (Phi) is 3.83. The Balaban J connectivity index is 1.23. The van der Waals surface area contributed by atoms with Gasteiger partial charge in [-0.25, -0.2) is 0 Å². The van der Waals surface area contributed by atoms with Crippen LogP contribution in [0.25, 0.3) is 0 Å². The summed E-state index contributed by atoms with van der Waals surface area (Å²) in [5, 5.41) is 3.93. The van der Waals surface area contributed by atoms with Crippen molar-refractivity contribution in [2.45, 2.75) is 44.3 Å². The number of fused-ring (bicyclic) bond motifs is 1. The lowest BCUT2D eigenvalue weighted by Crippen LogP contribution is -2.54. The first-order chi connectivity index (χ1) is 10.4. The van der Waals surface area contributed by atoms with E-state index < -0.39 is 0 Å². The molecule has 1 aromatic rings. The molecule has 2 nitrogen and oxygen atoms in total. The molecule has 2 fully saturated rings. The van der Waals surface area contributed by atoms with Gasteiger partial charge in [0, 0.05) is 18.6 Å². The lowest BCUT2D eigenvalue weighted by Gasteiger charge is -2.44. The van der Waals surface area contributed by atoms with Gasteiger partial charge in [0.2, 0.25) is 0 Å². The molecule has 1 heterocycles. The Hall–Kier alpha value is -1.12. The Bertz CT molecular complexity index is 488. The van der Waals surface area contributed by atoms with Crippen molar-refractivity contribution in [3.63, 3.8) is 0 Å². The molecule has 1 aromatic carbocycles. The van der Waals surface area contributed by atoms with Crippen molar-refractivity contribution in [2.75, 3.05) is 13.1 Å². The summed E-state index contributed by atoms with van der Waals surface area (Å²) in [5.41, 5.74) is 1.45. The zero-order chi connectivity index (χ0) is 14.1. The maximum atomic E-state index is 3.93. The lowest BCUT2D eigenvalue weighted by molar-refractivity contribution is 0.120. The van der Waals surface area contributed by atoms with E-state index in [0.29, 0.717) is 0 Å². The van der Waals surface area contributed by atoms with Crippen LogP contribution in [-0.4, -0.2) is 30.1 Å². The molecule has 21 heavy (non-hydrogen) atoms. The molecule has 0 aromatic heterocycles. The highest BCUT2D eigenvalue weighted by molar-refractivity contribution is 5.15. The van der Waals surface area contributed by atoms with Crippen LogP contribution in [0.15, 0.2) is 42.5 Å². The minimum Gasteiger partial charge on any atom is -0.311 e. The van der Waals surface area contributed by atoms with Crippen molar-refractivity contribution in [2.24, 2.45) is 11.8 Å². The molecule has 2 heteroatoms. The molecular weight excluding hydrogens is 256 g/mol. The summed E-state index contributed by atoms with van der Waals surface area (Å²) in [6.45, 7) is 3.59. The van der Waals surface area contributed by atoms with E-state index in [1.807, 2.05) is 0 Å². The number of nitrogens with zero attached hydrogens (tertiary/aromatic N) is 1. The van der Waals surface area contributed by atoms with Gasteiger partial charge in [0.05, 0.1) is 0 Å². The van der Waals surface area contributed by atoms with Gasteiger partial charge in [-0.3, -0.25) is 4.90 Å². The predicted octanol–water partition coefficient (Wildman–Crippen LogP) is 3.21. The fraction of sp³-hybridized carbons (Fsp3) is 0.579. The van der Waals surface area contributed by atoms with Gasteiger partial charge in [-0.2, -0.15) is 0 Å². The largest absolute Gasteiger partial charge is 0.311 e. The monoisotopic (exact) mass is 282 g/mol. The van der Waals surface area contributed by atoms with Crippen LogP contribution in [0.1, 0.15) is 31.2 Å². The van der Waals surface area contributed by atoms with Gasteiger partial charge in [0.1, 0.15) is 0 Å². The minimum atomic E-state index is 0.747. The predicted molar refractivity (Wildman–Crippen MR) is 87.0 cm³/mol. The van der Waals surface area contributed by atoms with Crippen LogP contribution in [0.4, 0.5) is 0 Å². The Morgan fingerprint density at radius 3 is 2.67 bits per heavy atom. The average Bonchev–Trinajstić information content (AvgIpc) is 2.89. The zero-order valence-corrected chi connectivity index (χ0v) is 12.7. The number of piperidine rings is 1. The Morgan fingerprint density at radius 1 is 1.10 bits per heavy atom. The highest BCUT2D eigenvalue weighted by atomic mass is 15.1. The summed E-state index contributed by atoms with van der Waals surface area (Å²) in [6.07, 6.45) is 10.2. The Labute approximate surface area is 128 Å². The molecule has 1 saturated carbocycles. The van der Waals surface area contributed by atoms with Crippen LogP contribution in [0.2, 0.25) is 0 Å². The second-order valence-corrected chi connectivity index (χ2v) is 7.05. The standard InChI is InChI=1S/C19H26N2/c1-2-5-15(6-3-1)14-21-11-9-17(10-12-21)20-19-13-16-7-4-8-18(16)19/h1-6,8,16-20H,7,9-14H2/t16-,18-,19-/m1/s1. The van der Waals surface area contributed by atoms with Crippen molar-refractivity contribution in [1.29, 1.82) is 0 Å². The zero-order valence-electron chi connectivity index (χ0n) is 12.7. The highest BCUT2D eigenvalue weighted by Gasteiger charge is 2.41. The SMILES string of the molecule is C1=C[C@@H]2[C@H](C1)C[C@H]2NC1CCN(Cc2ccccc2)CC1. The average molecular weight is 282 g/mol. The maximum absolute atomic E-state index is 3.93. The molecule has 0 amide bonds. The van der Waals surface area contributed by atoms with E-state index >= 15 is 0 Å². The van der Waals surface area contributed by atoms with Crippen LogP contribution >= 0.6 is 0 Å². The fourth-order valence-electron chi connectivity index (χ4n) is 4.31. The van der Waals surface area contributed by atoms with Gasteiger partial charge in [-0.1, -0.05) is 42.5 Å². The fourth-order valence-corrected chi connectivity index (χ4v) is 4.31. The van der Waals surface area contributed by atoms with Gasteiger partial charge in [0.15, 0.2) is 0 Å². The summed E-state index contributed by atoms with van der Waals surface area (Å²) in [7, 11) is 0. The topological polar surface area (TPSA) is 15.3 Å². The summed E-state index contributed by atoms with van der Waals surface area (Å²) in [6, 6.07) is 12.4. The summed E-state index contributed by atoms with van der Waals surface area (Å²) >= 11 is 0. The number of nitrogens with one attached hydrogen (secondary N) is 1.